The maximum absolute atomic E-state index is 11.2. The second-order valence-corrected chi connectivity index (χ2v) is 7.45. The van der Waals surface area contributed by atoms with Crippen LogP contribution >= 0.6 is 0 Å². The van der Waals surface area contributed by atoms with E-state index in [0.29, 0.717) is 18.2 Å². The van der Waals surface area contributed by atoms with E-state index in [1.54, 1.807) is 10.9 Å². The van der Waals surface area contributed by atoms with Gasteiger partial charge in [0.05, 0.1) is 11.1 Å². The van der Waals surface area contributed by atoms with Gasteiger partial charge < -0.3 is 10.6 Å². The Morgan fingerprint density at radius 3 is 2.93 bits per heavy atom. The molecule has 4 heterocycles. The highest BCUT2D eigenvalue weighted by molar-refractivity contribution is 5.91. The van der Waals surface area contributed by atoms with Crippen molar-refractivity contribution in [2.75, 3.05) is 18.0 Å². The molecule has 0 bridgehead atoms. The highest BCUT2D eigenvalue weighted by atomic mass is 16.1. The zero-order valence-electron chi connectivity index (χ0n) is 16.3. The van der Waals surface area contributed by atoms with Gasteiger partial charge in [0.1, 0.15) is 11.5 Å². The van der Waals surface area contributed by atoms with Gasteiger partial charge in [0, 0.05) is 32.8 Å². The van der Waals surface area contributed by atoms with Crippen LogP contribution in [0.4, 0.5) is 5.82 Å². The van der Waals surface area contributed by atoms with E-state index in [0.717, 1.165) is 60.6 Å². The van der Waals surface area contributed by atoms with Gasteiger partial charge in [-0.15, -0.1) is 0 Å². The lowest BCUT2D eigenvalue weighted by Crippen LogP contribution is -2.36. The molecular weight excluding hydrogens is 354 g/mol. The normalized spacial score (nSPS) is 17.2. The minimum atomic E-state index is -0.234. The lowest BCUT2D eigenvalue weighted by atomic mass is 9.93. The third-order valence-corrected chi connectivity index (χ3v) is 5.35. The number of fused-ring (bicyclic) bond motifs is 1. The first-order valence-corrected chi connectivity index (χ1v) is 9.69. The predicted octanol–water partition coefficient (Wildman–Crippen LogP) is 2.22. The molecule has 1 fully saturated rings. The second-order valence-electron chi connectivity index (χ2n) is 7.45. The zero-order chi connectivity index (χ0) is 19.7. The topological polar surface area (TPSA) is 103 Å². The number of nitrogens with two attached hydrogens (primary N) is 1. The van der Waals surface area contributed by atoms with E-state index < -0.39 is 0 Å². The molecule has 0 saturated carbocycles. The number of amides is 1. The number of hydrogen-bond acceptors (Lipinski definition) is 6. The van der Waals surface area contributed by atoms with Crippen LogP contribution in [0.3, 0.4) is 0 Å². The lowest BCUT2D eigenvalue weighted by Gasteiger charge is -2.34. The Balaban J connectivity index is 1.75. The summed E-state index contributed by atoms with van der Waals surface area (Å²) in [7, 11) is 1.90. The molecule has 1 amide bonds. The molecule has 3 aromatic heterocycles. The van der Waals surface area contributed by atoms with Crippen LogP contribution in [0.2, 0.25) is 0 Å². The summed E-state index contributed by atoms with van der Waals surface area (Å²) >= 11 is 0. The van der Waals surface area contributed by atoms with Crippen molar-refractivity contribution in [3.63, 3.8) is 0 Å². The van der Waals surface area contributed by atoms with Crippen LogP contribution in [0.5, 0.6) is 0 Å². The molecule has 4 rings (SSSR count). The predicted molar refractivity (Wildman–Crippen MR) is 108 cm³/mol. The number of carbonyl (C=O) groups is 1. The van der Waals surface area contributed by atoms with E-state index in [2.05, 4.69) is 15.0 Å². The fourth-order valence-corrected chi connectivity index (χ4v) is 4.00. The number of aryl methyl sites for hydroxylation is 2. The monoisotopic (exact) mass is 379 g/mol. The van der Waals surface area contributed by atoms with Gasteiger partial charge in [-0.1, -0.05) is 6.07 Å². The van der Waals surface area contributed by atoms with Gasteiger partial charge in [0.15, 0.2) is 11.5 Å². The maximum atomic E-state index is 11.2. The summed E-state index contributed by atoms with van der Waals surface area (Å²) in [5.74, 6) is 1.70. The van der Waals surface area contributed by atoms with Gasteiger partial charge >= 0.3 is 0 Å². The first kappa shape index (κ1) is 18.3. The van der Waals surface area contributed by atoms with Gasteiger partial charge in [-0.3, -0.25) is 14.5 Å². The molecule has 0 aliphatic carbocycles. The molecule has 1 atom stereocenters. The molecule has 0 radical (unpaired) electrons. The third kappa shape index (κ3) is 3.54. The van der Waals surface area contributed by atoms with Crippen LogP contribution in [0, 0.1) is 12.8 Å². The Bertz CT molecular complexity index is 999. The van der Waals surface area contributed by atoms with Crippen LogP contribution in [0.25, 0.3) is 22.6 Å². The number of rotatable bonds is 5. The molecule has 1 aliphatic rings. The standard InChI is InChI=1S/C20H25N7O/c1-13-17-19(26(2)25-13)23-18(15-7-3-4-10-22-15)24-20(17)27-11-5-6-14(12-27)8-9-16(21)28/h3-4,7,10,14H,5-6,8-9,11-12H2,1-2H3,(H2,21,28)/t14-/m1/s1. The third-order valence-electron chi connectivity index (χ3n) is 5.35. The van der Waals surface area contributed by atoms with Gasteiger partial charge in [0.2, 0.25) is 5.91 Å². The van der Waals surface area contributed by atoms with Crippen LogP contribution in [-0.4, -0.2) is 43.7 Å². The van der Waals surface area contributed by atoms with E-state index in [1.165, 1.54) is 0 Å². The van der Waals surface area contributed by atoms with E-state index in [-0.39, 0.29) is 5.91 Å². The molecular formula is C20H25N7O. The minimum absolute atomic E-state index is 0.234. The Kier molecular flexibility index (Phi) is 4.93. The van der Waals surface area contributed by atoms with Crippen LogP contribution in [0.1, 0.15) is 31.4 Å². The van der Waals surface area contributed by atoms with Gasteiger partial charge in [-0.25, -0.2) is 9.97 Å². The van der Waals surface area contributed by atoms with Crippen molar-refractivity contribution in [1.82, 2.24) is 24.7 Å². The Morgan fingerprint density at radius 1 is 1.32 bits per heavy atom. The van der Waals surface area contributed by atoms with Crippen molar-refractivity contribution in [1.29, 1.82) is 0 Å². The molecule has 146 valence electrons. The molecule has 2 N–H and O–H groups in total. The summed E-state index contributed by atoms with van der Waals surface area (Å²) in [4.78, 5) is 27.6. The number of hydrogen-bond donors (Lipinski definition) is 1. The van der Waals surface area contributed by atoms with E-state index in [1.807, 2.05) is 32.2 Å². The van der Waals surface area contributed by atoms with E-state index >= 15 is 0 Å². The first-order chi connectivity index (χ1) is 13.5. The molecule has 0 spiro atoms. The van der Waals surface area contributed by atoms with Gasteiger partial charge in [-0.05, 0) is 44.2 Å². The highest BCUT2D eigenvalue weighted by Gasteiger charge is 2.26. The molecule has 1 aliphatic heterocycles. The van der Waals surface area contributed by atoms with Crippen molar-refractivity contribution in [3.05, 3.63) is 30.1 Å². The van der Waals surface area contributed by atoms with Crippen molar-refractivity contribution in [2.45, 2.75) is 32.6 Å². The number of anilines is 1. The zero-order valence-corrected chi connectivity index (χ0v) is 16.3. The number of primary amides is 1. The van der Waals surface area contributed by atoms with E-state index in [4.69, 9.17) is 15.7 Å². The Labute approximate surface area is 163 Å². The summed E-state index contributed by atoms with van der Waals surface area (Å²) in [5.41, 5.74) is 7.81. The van der Waals surface area contributed by atoms with E-state index in [9.17, 15) is 4.79 Å². The minimum Gasteiger partial charge on any atom is -0.370 e. The molecule has 3 aromatic rings. The SMILES string of the molecule is Cc1nn(C)c2nc(-c3ccccn3)nc(N3CCC[C@H](CCC(N)=O)C3)c12. The Morgan fingerprint density at radius 2 is 2.18 bits per heavy atom. The fraction of sp³-hybridized carbons (Fsp3) is 0.450. The molecule has 0 aromatic carbocycles. The fourth-order valence-electron chi connectivity index (χ4n) is 4.00. The average molecular weight is 379 g/mol. The molecule has 8 heteroatoms. The molecule has 1 saturated heterocycles. The Hall–Kier alpha value is -3.03. The second kappa shape index (κ2) is 7.53. The van der Waals surface area contributed by atoms with Crippen LogP contribution in [0.15, 0.2) is 24.4 Å². The number of pyridine rings is 1. The van der Waals surface area contributed by atoms with Crippen molar-refractivity contribution in [3.8, 4) is 11.5 Å². The molecule has 28 heavy (non-hydrogen) atoms. The number of piperidine rings is 1. The summed E-state index contributed by atoms with van der Waals surface area (Å²) in [6.45, 7) is 3.77. The highest BCUT2D eigenvalue weighted by Crippen LogP contribution is 2.32. The maximum Gasteiger partial charge on any atom is 0.217 e. The summed E-state index contributed by atoms with van der Waals surface area (Å²) in [6.07, 6.45) is 5.17. The summed E-state index contributed by atoms with van der Waals surface area (Å²) < 4.78 is 1.80. The quantitative estimate of drug-likeness (QED) is 0.729. The average Bonchev–Trinajstić information content (AvgIpc) is 3.00. The number of carbonyl (C=O) groups excluding carboxylic acids is 1. The lowest BCUT2D eigenvalue weighted by molar-refractivity contribution is -0.118. The van der Waals surface area contributed by atoms with Gasteiger partial charge in [0.25, 0.3) is 0 Å². The smallest absolute Gasteiger partial charge is 0.217 e. The van der Waals surface area contributed by atoms with Crippen molar-refractivity contribution < 1.29 is 4.79 Å². The van der Waals surface area contributed by atoms with Crippen molar-refractivity contribution in [2.24, 2.45) is 18.7 Å². The first-order valence-electron chi connectivity index (χ1n) is 9.69. The number of nitrogens with zero attached hydrogens (tertiary/aromatic N) is 6. The van der Waals surface area contributed by atoms with Crippen molar-refractivity contribution >= 4 is 22.8 Å². The number of aromatic nitrogens is 5. The molecule has 0 unspecified atom stereocenters. The summed E-state index contributed by atoms with van der Waals surface area (Å²) in [6, 6.07) is 5.73. The molecule has 8 nitrogen and oxygen atoms in total. The van der Waals surface area contributed by atoms with Gasteiger partial charge in [-0.2, -0.15) is 5.10 Å². The summed E-state index contributed by atoms with van der Waals surface area (Å²) in [5, 5.41) is 5.55. The van der Waals surface area contributed by atoms with Crippen LogP contribution in [-0.2, 0) is 11.8 Å². The van der Waals surface area contributed by atoms with Crippen LogP contribution < -0.4 is 10.6 Å². The largest absolute Gasteiger partial charge is 0.370 e.